The van der Waals surface area contributed by atoms with E-state index in [1.54, 1.807) is 0 Å². The Kier molecular flexibility index (Phi) is 11.3. The molecule has 0 radical (unpaired) electrons. The Balaban J connectivity index is -0.000000131. The molecule has 0 rings (SSSR count). The molecule has 0 saturated carbocycles. The third-order valence-corrected chi connectivity index (χ3v) is 0. The summed E-state index contributed by atoms with van der Waals surface area (Å²) in [6.45, 7) is 0. The summed E-state index contributed by atoms with van der Waals surface area (Å²) in [7, 11) is -12.4. The van der Waals surface area contributed by atoms with Gasteiger partial charge in [-0.05, 0) is 0 Å². The van der Waals surface area contributed by atoms with Gasteiger partial charge in [0.1, 0.15) is 0 Å². The summed E-state index contributed by atoms with van der Waals surface area (Å²) in [5.74, 6) is 0. The van der Waals surface area contributed by atoms with E-state index in [2.05, 4.69) is 0 Å². The van der Waals surface area contributed by atoms with Crippen molar-refractivity contribution in [1.29, 1.82) is 0 Å². The Labute approximate surface area is 78.3 Å². The maximum Gasteiger partial charge on any atom is 0.761 e. The van der Waals surface area contributed by atoms with E-state index in [1.807, 2.05) is 0 Å². The van der Waals surface area contributed by atoms with Gasteiger partial charge in [0.05, 0.1) is 0 Å². The van der Waals surface area contributed by atoms with Gasteiger partial charge in [-0.25, -0.2) is 9.13 Å². The molecule has 0 heterocycles. The van der Waals surface area contributed by atoms with Gasteiger partial charge in [-0.1, -0.05) is 0 Å². The second-order valence-electron chi connectivity index (χ2n) is 1.31. The zero-order valence-corrected chi connectivity index (χ0v) is 8.99. The van der Waals surface area contributed by atoms with E-state index in [9.17, 15) is 0 Å². The van der Waals surface area contributed by atoms with Crippen LogP contribution in [-0.4, -0.2) is 48.1 Å². The number of hydrogen-bond acceptors (Lipinski definition) is 3. The summed E-state index contributed by atoms with van der Waals surface area (Å²) < 4.78 is 26.5. The van der Waals surface area contributed by atoms with Crippen molar-refractivity contribution in [2.24, 2.45) is 0 Å². The van der Waals surface area contributed by atoms with E-state index in [1.165, 1.54) is 0 Å². The molecule has 14 heteroatoms. The van der Waals surface area contributed by atoms with Gasteiger partial charge in [0.15, 0.2) is 0 Å². The third kappa shape index (κ3) is 52200. The highest BCUT2D eigenvalue weighted by atomic mass is 31.2. The lowest BCUT2D eigenvalue weighted by Crippen LogP contribution is -1.90. The minimum Gasteiger partial charge on any atom is -0.511 e. The van der Waals surface area contributed by atoms with Crippen LogP contribution in [0.15, 0.2) is 0 Å². The van der Waals surface area contributed by atoms with Crippen LogP contribution in [0.5, 0.6) is 0 Å². The standard InChI is InChI=1S/2H3O4P.H2O3Si/c2*1-5(2,3)4;1-4(2)3/h2*(H3,1,2,3,4);1-2H. The average molecular weight is 274 g/mol. The first-order valence-electron chi connectivity index (χ1n) is 2.22. The zero-order chi connectivity index (χ0) is 12.6. The molecular formula is H8O11P2Si. The summed E-state index contributed by atoms with van der Waals surface area (Å²) in [5.41, 5.74) is 0. The van der Waals surface area contributed by atoms with Gasteiger partial charge in [0, 0.05) is 0 Å². The van der Waals surface area contributed by atoms with Crippen molar-refractivity contribution in [3.63, 3.8) is 0 Å². The van der Waals surface area contributed by atoms with Gasteiger partial charge >= 0.3 is 24.8 Å². The maximum atomic E-state index is 8.88. The van der Waals surface area contributed by atoms with Crippen LogP contribution < -0.4 is 0 Å². The first-order valence-corrected chi connectivity index (χ1v) is 6.65. The molecule has 88 valence electrons. The summed E-state index contributed by atoms with van der Waals surface area (Å²) in [4.78, 5) is 57.4. The average Bonchev–Trinajstić information content (AvgIpc) is 1.45. The summed E-state index contributed by atoms with van der Waals surface area (Å²) in [5, 5.41) is 0. The molecule has 0 atom stereocenters. The fraction of sp³-hybridized carbons (Fsp3) is 0. The molecule has 0 saturated heterocycles. The lowest BCUT2D eigenvalue weighted by Gasteiger charge is -1.82. The van der Waals surface area contributed by atoms with Crippen LogP contribution in [0.4, 0.5) is 0 Å². The molecule has 11 nitrogen and oxygen atoms in total. The highest BCUT2D eigenvalue weighted by molar-refractivity contribution is 7.45. The Morgan fingerprint density at radius 3 is 0.714 bits per heavy atom. The summed E-state index contributed by atoms with van der Waals surface area (Å²) in [6.07, 6.45) is 0. The predicted octanol–water partition coefficient (Wildman–Crippen LogP) is -3.47. The number of rotatable bonds is 0. The van der Waals surface area contributed by atoms with Crippen LogP contribution in [0.3, 0.4) is 0 Å². The Morgan fingerprint density at radius 2 is 0.714 bits per heavy atom. The van der Waals surface area contributed by atoms with E-state index >= 15 is 0 Å². The zero-order valence-electron chi connectivity index (χ0n) is 6.20. The first kappa shape index (κ1) is 19.4. The molecular weight excluding hydrogens is 266 g/mol. The smallest absolute Gasteiger partial charge is 0.511 e. The van der Waals surface area contributed by atoms with Crippen molar-refractivity contribution in [1.82, 2.24) is 0 Å². The van der Waals surface area contributed by atoms with Crippen molar-refractivity contribution < 1.29 is 52.5 Å². The fourth-order valence-corrected chi connectivity index (χ4v) is 0. The minimum atomic E-state index is -4.64. The topological polar surface area (TPSA) is 213 Å². The highest BCUT2D eigenvalue weighted by Crippen LogP contribution is 2.26. The van der Waals surface area contributed by atoms with Gasteiger partial charge in [-0.3, -0.25) is 4.46 Å². The lowest BCUT2D eigenvalue weighted by molar-refractivity contribution is 0.272. The Hall–Kier alpha value is -0.163. The van der Waals surface area contributed by atoms with Crippen LogP contribution in [-0.2, 0) is 13.6 Å². The first-order chi connectivity index (χ1) is 5.73. The fourth-order valence-electron chi connectivity index (χ4n) is 0. The van der Waals surface area contributed by atoms with Gasteiger partial charge in [0.2, 0.25) is 0 Å². The Morgan fingerprint density at radius 1 is 0.714 bits per heavy atom. The van der Waals surface area contributed by atoms with Crippen LogP contribution in [0.25, 0.3) is 0 Å². The van der Waals surface area contributed by atoms with Crippen LogP contribution in [0.1, 0.15) is 0 Å². The molecule has 0 aliphatic heterocycles. The van der Waals surface area contributed by atoms with E-state index in [0.717, 1.165) is 0 Å². The molecule has 0 aromatic heterocycles. The molecule has 14 heavy (non-hydrogen) atoms. The van der Waals surface area contributed by atoms with E-state index in [-0.39, 0.29) is 0 Å². The molecule has 0 unspecified atom stereocenters. The van der Waals surface area contributed by atoms with Crippen molar-refractivity contribution in [2.75, 3.05) is 0 Å². The molecule has 0 aromatic carbocycles. The third-order valence-electron chi connectivity index (χ3n) is 0. The minimum absolute atomic E-state index is 3.13. The van der Waals surface area contributed by atoms with Crippen molar-refractivity contribution in [3.8, 4) is 0 Å². The molecule has 0 aliphatic carbocycles. The van der Waals surface area contributed by atoms with Crippen LogP contribution >= 0.6 is 15.6 Å². The van der Waals surface area contributed by atoms with Crippen LogP contribution in [0.2, 0.25) is 0 Å². The maximum absolute atomic E-state index is 8.88. The molecule has 0 amide bonds. The number of phosphoric acid groups is 2. The highest BCUT2D eigenvalue weighted by Gasteiger charge is 2.00. The lowest BCUT2D eigenvalue weighted by atomic mass is 15.8. The monoisotopic (exact) mass is 274 g/mol. The quantitative estimate of drug-likeness (QED) is 0.160. The Bertz CT molecular complexity index is 189. The van der Waals surface area contributed by atoms with Gasteiger partial charge in [-0.15, -0.1) is 0 Å². The van der Waals surface area contributed by atoms with Crippen LogP contribution in [0, 0.1) is 0 Å². The summed E-state index contributed by atoms with van der Waals surface area (Å²) >= 11 is 0. The molecule has 0 fully saturated rings. The van der Waals surface area contributed by atoms with Crippen molar-refractivity contribution >= 4 is 24.8 Å². The second-order valence-corrected chi connectivity index (χ2v) is 3.93. The van der Waals surface area contributed by atoms with Crippen molar-refractivity contribution in [3.05, 3.63) is 0 Å². The van der Waals surface area contributed by atoms with Gasteiger partial charge in [-0.2, -0.15) is 0 Å². The van der Waals surface area contributed by atoms with E-state index in [0.29, 0.717) is 0 Å². The van der Waals surface area contributed by atoms with E-state index in [4.69, 9.17) is 52.5 Å². The second kappa shape index (κ2) is 8.17. The normalized spacial score (nSPS) is 10.1. The number of hydrogen-bond donors (Lipinski definition) is 8. The van der Waals surface area contributed by atoms with Crippen molar-refractivity contribution in [2.45, 2.75) is 0 Å². The largest absolute Gasteiger partial charge is 0.761 e. The summed E-state index contributed by atoms with van der Waals surface area (Å²) in [6, 6.07) is 0. The SMILES string of the molecule is O=P(O)(O)O.O=P(O)(O)O.O=[Si](O)O. The molecule has 0 aromatic rings. The van der Waals surface area contributed by atoms with E-state index < -0.39 is 24.8 Å². The molecule has 0 bridgehead atoms. The van der Waals surface area contributed by atoms with Gasteiger partial charge in [0.25, 0.3) is 0 Å². The molecule has 0 spiro atoms. The molecule has 8 N–H and O–H groups in total. The molecule has 0 aliphatic rings. The predicted molar refractivity (Wildman–Crippen MR) is 39.4 cm³/mol. The van der Waals surface area contributed by atoms with Gasteiger partial charge < -0.3 is 39.0 Å².